The zero-order valence-electron chi connectivity index (χ0n) is 10.4. The SMILES string of the molecule is CC(Nc1cc(Br)ccc1Br)c1ccc(Cl)c(Cl)c1Cl. The minimum absolute atomic E-state index is 0.0112. The third kappa shape index (κ3) is 3.63. The molecule has 1 unspecified atom stereocenters. The Kier molecular flexibility index (Phi) is 5.66. The maximum absolute atomic E-state index is 6.25. The van der Waals surface area contributed by atoms with Crippen molar-refractivity contribution in [2.24, 2.45) is 0 Å². The molecule has 0 aliphatic heterocycles. The van der Waals surface area contributed by atoms with Crippen LogP contribution >= 0.6 is 66.7 Å². The molecule has 0 spiro atoms. The highest BCUT2D eigenvalue weighted by Crippen LogP contribution is 2.37. The fraction of sp³-hybridized carbons (Fsp3) is 0.143. The minimum atomic E-state index is -0.0112. The topological polar surface area (TPSA) is 12.0 Å². The molecule has 6 heteroatoms. The smallest absolute Gasteiger partial charge is 0.0782 e. The van der Waals surface area contributed by atoms with E-state index in [1.807, 2.05) is 31.2 Å². The zero-order valence-corrected chi connectivity index (χ0v) is 15.8. The zero-order chi connectivity index (χ0) is 14.9. The summed E-state index contributed by atoms with van der Waals surface area (Å²) < 4.78 is 1.97. The van der Waals surface area contributed by atoms with Gasteiger partial charge in [-0.1, -0.05) is 56.8 Å². The van der Waals surface area contributed by atoms with Crippen molar-refractivity contribution in [3.63, 3.8) is 0 Å². The van der Waals surface area contributed by atoms with Gasteiger partial charge in [-0.05, 0) is 52.7 Å². The number of anilines is 1. The van der Waals surface area contributed by atoms with E-state index in [-0.39, 0.29) is 6.04 Å². The highest BCUT2D eigenvalue weighted by atomic mass is 79.9. The van der Waals surface area contributed by atoms with Crippen LogP contribution in [0.1, 0.15) is 18.5 Å². The average Bonchev–Trinajstić information content (AvgIpc) is 2.40. The number of benzene rings is 2. The largest absolute Gasteiger partial charge is 0.378 e. The third-order valence-corrected chi connectivity index (χ3v) is 5.32. The summed E-state index contributed by atoms with van der Waals surface area (Å²) in [5.41, 5.74) is 1.86. The van der Waals surface area contributed by atoms with E-state index >= 15 is 0 Å². The Bertz CT molecular complexity index is 647. The lowest BCUT2D eigenvalue weighted by atomic mass is 10.1. The number of rotatable bonds is 3. The van der Waals surface area contributed by atoms with Gasteiger partial charge in [0, 0.05) is 8.95 Å². The van der Waals surface area contributed by atoms with Gasteiger partial charge in [0.1, 0.15) is 0 Å². The Morgan fingerprint density at radius 3 is 2.40 bits per heavy atom. The Labute approximate surface area is 149 Å². The molecule has 0 aliphatic carbocycles. The lowest BCUT2D eigenvalue weighted by Crippen LogP contribution is -2.08. The van der Waals surface area contributed by atoms with Crippen LogP contribution in [0.4, 0.5) is 5.69 Å². The predicted molar refractivity (Wildman–Crippen MR) is 95.4 cm³/mol. The van der Waals surface area contributed by atoms with E-state index in [4.69, 9.17) is 34.8 Å². The van der Waals surface area contributed by atoms with E-state index in [1.54, 1.807) is 6.07 Å². The molecule has 0 bridgehead atoms. The first-order valence-electron chi connectivity index (χ1n) is 5.75. The quantitative estimate of drug-likeness (QED) is 0.475. The Hall–Kier alpha value is 0.0700. The Morgan fingerprint density at radius 2 is 1.70 bits per heavy atom. The minimum Gasteiger partial charge on any atom is -0.378 e. The molecule has 2 aromatic rings. The average molecular weight is 458 g/mol. The normalized spacial score (nSPS) is 12.3. The summed E-state index contributed by atoms with van der Waals surface area (Å²) in [5, 5.41) is 4.71. The molecule has 0 saturated carbocycles. The first-order chi connectivity index (χ1) is 9.40. The van der Waals surface area contributed by atoms with Crippen LogP contribution in [0.15, 0.2) is 39.3 Å². The Balaban J connectivity index is 2.31. The first-order valence-corrected chi connectivity index (χ1v) is 8.47. The van der Waals surface area contributed by atoms with Crippen LogP contribution in [0.2, 0.25) is 15.1 Å². The summed E-state index contributed by atoms with van der Waals surface area (Å²) in [4.78, 5) is 0. The molecule has 1 nitrogen and oxygen atoms in total. The van der Waals surface area contributed by atoms with Crippen LogP contribution in [0.5, 0.6) is 0 Å². The van der Waals surface area contributed by atoms with Crippen LogP contribution < -0.4 is 5.32 Å². The fourth-order valence-corrected chi connectivity index (χ4v) is 3.22. The van der Waals surface area contributed by atoms with Gasteiger partial charge in [0.15, 0.2) is 0 Å². The van der Waals surface area contributed by atoms with Crippen LogP contribution in [0.25, 0.3) is 0 Å². The molecule has 2 rings (SSSR count). The number of hydrogen-bond acceptors (Lipinski definition) is 1. The van der Waals surface area contributed by atoms with Crippen LogP contribution in [-0.2, 0) is 0 Å². The molecule has 0 aromatic heterocycles. The van der Waals surface area contributed by atoms with Crippen molar-refractivity contribution < 1.29 is 0 Å². The summed E-state index contributed by atoms with van der Waals surface area (Å²) in [6.07, 6.45) is 0. The Morgan fingerprint density at radius 1 is 1.00 bits per heavy atom. The van der Waals surface area contributed by atoms with E-state index in [1.165, 1.54) is 0 Å². The maximum atomic E-state index is 6.25. The van der Waals surface area contributed by atoms with Crippen LogP contribution in [0, 0.1) is 0 Å². The van der Waals surface area contributed by atoms with Gasteiger partial charge in [-0.2, -0.15) is 0 Å². The molecule has 0 amide bonds. The second-order valence-electron chi connectivity index (χ2n) is 4.25. The van der Waals surface area contributed by atoms with Crippen molar-refractivity contribution >= 4 is 72.4 Å². The predicted octanol–water partition coefficient (Wildman–Crippen LogP) is 7.34. The maximum Gasteiger partial charge on any atom is 0.0782 e. The van der Waals surface area contributed by atoms with E-state index in [9.17, 15) is 0 Å². The van der Waals surface area contributed by atoms with Gasteiger partial charge >= 0.3 is 0 Å². The molecule has 2 aromatic carbocycles. The molecule has 106 valence electrons. The molecule has 0 heterocycles. The van der Waals surface area contributed by atoms with Gasteiger partial charge < -0.3 is 5.32 Å². The second kappa shape index (κ2) is 6.89. The summed E-state index contributed by atoms with van der Waals surface area (Å²) in [7, 11) is 0. The van der Waals surface area contributed by atoms with Gasteiger partial charge in [-0.25, -0.2) is 0 Å². The van der Waals surface area contributed by atoms with Crippen molar-refractivity contribution in [3.05, 3.63) is 59.9 Å². The lowest BCUT2D eigenvalue weighted by molar-refractivity contribution is 0.884. The molecule has 0 aliphatic rings. The molecule has 1 atom stereocenters. The number of hydrogen-bond donors (Lipinski definition) is 1. The summed E-state index contributed by atoms with van der Waals surface area (Å²) >= 11 is 25.2. The first kappa shape index (κ1) is 16.4. The lowest BCUT2D eigenvalue weighted by Gasteiger charge is -2.19. The van der Waals surface area contributed by atoms with Crippen molar-refractivity contribution in [2.45, 2.75) is 13.0 Å². The highest BCUT2D eigenvalue weighted by molar-refractivity contribution is 9.11. The van der Waals surface area contributed by atoms with E-state index in [0.717, 1.165) is 20.2 Å². The number of halogens is 5. The molecule has 1 N–H and O–H groups in total. The molecule has 0 saturated heterocycles. The summed E-state index contributed by atoms with van der Waals surface area (Å²) in [5.74, 6) is 0. The van der Waals surface area contributed by atoms with Gasteiger partial charge in [0.25, 0.3) is 0 Å². The van der Waals surface area contributed by atoms with Gasteiger partial charge in [-0.15, -0.1) is 0 Å². The molecular formula is C14H10Br2Cl3N. The molecular weight excluding hydrogens is 448 g/mol. The number of nitrogens with one attached hydrogen (secondary N) is 1. The molecule has 0 fully saturated rings. The van der Waals surface area contributed by atoms with Crippen LogP contribution in [0.3, 0.4) is 0 Å². The van der Waals surface area contributed by atoms with Crippen molar-refractivity contribution in [2.75, 3.05) is 5.32 Å². The van der Waals surface area contributed by atoms with E-state index < -0.39 is 0 Å². The monoisotopic (exact) mass is 455 g/mol. The fourth-order valence-electron chi connectivity index (χ4n) is 1.79. The van der Waals surface area contributed by atoms with Gasteiger partial charge in [-0.3, -0.25) is 0 Å². The van der Waals surface area contributed by atoms with Gasteiger partial charge in [0.05, 0.1) is 26.8 Å². The van der Waals surface area contributed by atoms with Gasteiger partial charge in [0.2, 0.25) is 0 Å². The third-order valence-electron chi connectivity index (χ3n) is 2.83. The highest BCUT2D eigenvalue weighted by Gasteiger charge is 2.15. The summed E-state index contributed by atoms with van der Waals surface area (Å²) in [6.45, 7) is 2.01. The molecule has 0 radical (unpaired) electrons. The molecule has 20 heavy (non-hydrogen) atoms. The van der Waals surface area contributed by atoms with Crippen molar-refractivity contribution in [1.82, 2.24) is 0 Å². The standard InChI is InChI=1S/C14H10Br2Cl3N/c1-7(9-3-5-11(17)14(19)13(9)18)20-12-6-8(15)2-4-10(12)16/h2-7,20H,1H3. The van der Waals surface area contributed by atoms with Crippen molar-refractivity contribution in [3.8, 4) is 0 Å². The van der Waals surface area contributed by atoms with Crippen molar-refractivity contribution in [1.29, 1.82) is 0 Å². The summed E-state index contributed by atoms with van der Waals surface area (Å²) in [6, 6.07) is 9.54. The van der Waals surface area contributed by atoms with E-state index in [2.05, 4.69) is 37.2 Å². The van der Waals surface area contributed by atoms with Crippen LogP contribution in [-0.4, -0.2) is 0 Å². The van der Waals surface area contributed by atoms with E-state index in [0.29, 0.717) is 15.1 Å². The second-order valence-corrected chi connectivity index (χ2v) is 7.19.